The highest BCUT2D eigenvalue weighted by molar-refractivity contribution is 6.36. The number of carbonyl (C=O) groups is 1. The average molecular weight is 254 g/mol. The average Bonchev–Trinajstić information content (AvgIpc) is 2.61. The zero-order valence-corrected chi connectivity index (χ0v) is 10.1. The van der Waals surface area contributed by atoms with Crippen LogP contribution in [0, 0.1) is 0 Å². The van der Waals surface area contributed by atoms with E-state index in [0.29, 0.717) is 10.0 Å². The fourth-order valence-electron chi connectivity index (χ4n) is 1.49. The van der Waals surface area contributed by atoms with Gasteiger partial charge in [0.1, 0.15) is 0 Å². The van der Waals surface area contributed by atoms with E-state index in [0.717, 1.165) is 11.1 Å². The summed E-state index contributed by atoms with van der Waals surface area (Å²) in [6.45, 7) is 1.48. The number of hydrogen-bond acceptors (Lipinski definition) is 1. The fourth-order valence-corrected chi connectivity index (χ4v) is 1.98. The molecule has 2 aromatic rings. The van der Waals surface area contributed by atoms with E-state index >= 15 is 0 Å². The topological polar surface area (TPSA) is 22.0 Å². The lowest BCUT2D eigenvalue weighted by molar-refractivity contribution is 0.0937. The summed E-state index contributed by atoms with van der Waals surface area (Å²) in [7, 11) is 0. The quantitative estimate of drug-likeness (QED) is 0.750. The Bertz CT molecular complexity index is 546. The van der Waals surface area contributed by atoms with Crippen LogP contribution in [0.15, 0.2) is 36.7 Å². The Morgan fingerprint density at radius 1 is 1.06 bits per heavy atom. The van der Waals surface area contributed by atoms with Gasteiger partial charge in [-0.25, -0.2) is 0 Å². The monoisotopic (exact) mass is 253 g/mol. The van der Waals surface area contributed by atoms with Gasteiger partial charge in [0.2, 0.25) is 5.91 Å². The van der Waals surface area contributed by atoms with E-state index in [4.69, 9.17) is 23.2 Å². The van der Waals surface area contributed by atoms with Gasteiger partial charge in [-0.05, 0) is 6.07 Å². The van der Waals surface area contributed by atoms with Crippen LogP contribution in [0.1, 0.15) is 11.7 Å². The normalized spacial score (nSPS) is 10.4. The van der Waals surface area contributed by atoms with Gasteiger partial charge in [-0.1, -0.05) is 41.4 Å². The third-order valence-corrected chi connectivity index (χ3v) is 2.94. The minimum absolute atomic E-state index is 0.0831. The second kappa shape index (κ2) is 4.32. The van der Waals surface area contributed by atoms with Crippen LogP contribution in [0.25, 0.3) is 11.1 Å². The molecule has 0 aliphatic rings. The van der Waals surface area contributed by atoms with Crippen molar-refractivity contribution in [3.8, 4) is 11.1 Å². The summed E-state index contributed by atoms with van der Waals surface area (Å²) in [6, 6.07) is 7.39. The molecule has 0 spiro atoms. The first kappa shape index (κ1) is 11.2. The molecule has 82 valence electrons. The first-order valence-corrected chi connectivity index (χ1v) is 5.48. The number of nitrogens with zero attached hydrogens (tertiary/aromatic N) is 1. The predicted molar refractivity (Wildman–Crippen MR) is 66.2 cm³/mol. The van der Waals surface area contributed by atoms with E-state index in [2.05, 4.69) is 0 Å². The lowest BCUT2D eigenvalue weighted by atomic mass is 10.1. The smallest absolute Gasteiger partial charge is 0.227 e. The Morgan fingerprint density at radius 2 is 1.75 bits per heavy atom. The summed E-state index contributed by atoms with van der Waals surface area (Å²) in [5.74, 6) is -0.0831. The molecule has 0 saturated carbocycles. The van der Waals surface area contributed by atoms with Crippen molar-refractivity contribution in [1.82, 2.24) is 4.57 Å². The molecule has 0 amide bonds. The maximum Gasteiger partial charge on any atom is 0.227 e. The lowest BCUT2D eigenvalue weighted by Gasteiger charge is -2.01. The molecule has 4 heteroatoms. The Morgan fingerprint density at radius 3 is 2.31 bits per heavy atom. The minimum Gasteiger partial charge on any atom is -0.293 e. The highest BCUT2D eigenvalue weighted by Crippen LogP contribution is 2.33. The van der Waals surface area contributed by atoms with Crippen LogP contribution in [0.3, 0.4) is 0 Å². The van der Waals surface area contributed by atoms with Gasteiger partial charge in [0, 0.05) is 35.5 Å². The van der Waals surface area contributed by atoms with Crippen LogP contribution in [0.2, 0.25) is 10.0 Å². The van der Waals surface area contributed by atoms with Gasteiger partial charge in [-0.2, -0.15) is 0 Å². The number of hydrogen-bond donors (Lipinski definition) is 0. The van der Waals surface area contributed by atoms with Crippen molar-refractivity contribution in [3.63, 3.8) is 0 Å². The van der Waals surface area contributed by atoms with Gasteiger partial charge in [0.05, 0.1) is 5.02 Å². The lowest BCUT2D eigenvalue weighted by Crippen LogP contribution is -2.00. The molecule has 1 aromatic heterocycles. The van der Waals surface area contributed by atoms with E-state index < -0.39 is 0 Å². The summed E-state index contributed by atoms with van der Waals surface area (Å²) in [4.78, 5) is 11.2. The third kappa shape index (κ3) is 1.99. The summed E-state index contributed by atoms with van der Waals surface area (Å²) in [6.07, 6.45) is 3.27. The SMILES string of the molecule is CC(=O)n1cc(Cl)c(-c2ccccc2Cl)c1. The maximum absolute atomic E-state index is 11.2. The van der Waals surface area contributed by atoms with Crippen molar-refractivity contribution in [3.05, 3.63) is 46.7 Å². The Labute approximate surface area is 103 Å². The van der Waals surface area contributed by atoms with Crippen LogP contribution >= 0.6 is 23.2 Å². The molecule has 0 aliphatic carbocycles. The van der Waals surface area contributed by atoms with Gasteiger partial charge in [-0.3, -0.25) is 9.36 Å². The maximum atomic E-state index is 11.2. The third-order valence-electron chi connectivity index (χ3n) is 2.31. The molecule has 0 unspecified atom stereocenters. The number of carbonyl (C=O) groups excluding carboxylic acids is 1. The summed E-state index contributed by atoms with van der Waals surface area (Å²) < 4.78 is 1.45. The second-order valence-corrected chi connectivity index (χ2v) is 4.24. The molecular formula is C12H9Cl2NO. The summed E-state index contributed by atoms with van der Waals surface area (Å²) in [5.41, 5.74) is 1.59. The Hall–Kier alpha value is -1.25. The van der Waals surface area contributed by atoms with Crippen LogP contribution in [0.4, 0.5) is 0 Å². The number of rotatable bonds is 1. The van der Waals surface area contributed by atoms with Gasteiger partial charge >= 0.3 is 0 Å². The molecule has 0 fully saturated rings. The molecule has 0 aliphatic heterocycles. The summed E-state index contributed by atoms with van der Waals surface area (Å²) in [5, 5.41) is 1.13. The highest BCUT2D eigenvalue weighted by Gasteiger charge is 2.11. The Kier molecular flexibility index (Phi) is 3.03. The largest absolute Gasteiger partial charge is 0.293 e. The standard InChI is InChI=1S/C12H9Cl2NO/c1-8(16)15-6-10(12(14)7-15)9-4-2-3-5-11(9)13/h2-7H,1H3. The first-order chi connectivity index (χ1) is 7.59. The molecule has 1 heterocycles. The van der Waals surface area contributed by atoms with Gasteiger partial charge in [-0.15, -0.1) is 0 Å². The Balaban J connectivity index is 2.57. The van der Waals surface area contributed by atoms with E-state index in [1.54, 1.807) is 18.5 Å². The molecular weight excluding hydrogens is 245 g/mol. The van der Waals surface area contributed by atoms with Crippen LogP contribution in [-0.2, 0) is 0 Å². The number of benzene rings is 1. The van der Waals surface area contributed by atoms with E-state index in [1.807, 2.05) is 18.2 Å². The number of aromatic nitrogens is 1. The van der Waals surface area contributed by atoms with Gasteiger partial charge in [0.15, 0.2) is 0 Å². The molecule has 0 saturated heterocycles. The highest BCUT2D eigenvalue weighted by atomic mass is 35.5. The molecule has 2 nitrogen and oxygen atoms in total. The zero-order chi connectivity index (χ0) is 11.7. The first-order valence-electron chi connectivity index (χ1n) is 4.73. The number of halogens is 2. The van der Waals surface area contributed by atoms with Crippen LogP contribution < -0.4 is 0 Å². The molecule has 16 heavy (non-hydrogen) atoms. The van der Waals surface area contributed by atoms with Crippen molar-refractivity contribution in [2.45, 2.75) is 6.92 Å². The van der Waals surface area contributed by atoms with Crippen molar-refractivity contribution >= 4 is 29.1 Å². The van der Waals surface area contributed by atoms with Crippen molar-refractivity contribution in [2.75, 3.05) is 0 Å². The van der Waals surface area contributed by atoms with Crippen LogP contribution in [0.5, 0.6) is 0 Å². The molecule has 0 bridgehead atoms. The zero-order valence-electron chi connectivity index (χ0n) is 8.58. The fraction of sp³-hybridized carbons (Fsp3) is 0.0833. The van der Waals surface area contributed by atoms with E-state index in [9.17, 15) is 4.79 Å². The molecule has 0 atom stereocenters. The predicted octanol–water partition coefficient (Wildman–Crippen LogP) is 4.12. The van der Waals surface area contributed by atoms with Crippen molar-refractivity contribution in [1.29, 1.82) is 0 Å². The van der Waals surface area contributed by atoms with Gasteiger partial charge in [0.25, 0.3) is 0 Å². The van der Waals surface area contributed by atoms with Crippen LogP contribution in [-0.4, -0.2) is 10.5 Å². The summed E-state index contributed by atoms with van der Waals surface area (Å²) >= 11 is 12.1. The van der Waals surface area contributed by atoms with Crippen molar-refractivity contribution < 1.29 is 4.79 Å². The molecule has 0 radical (unpaired) electrons. The van der Waals surface area contributed by atoms with Crippen molar-refractivity contribution in [2.24, 2.45) is 0 Å². The molecule has 2 rings (SSSR count). The second-order valence-electron chi connectivity index (χ2n) is 3.43. The van der Waals surface area contributed by atoms with E-state index in [-0.39, 0.29) is 5.91 Å². The van der Waals surface area contributed by atoms with Gasteiger partial charge < -0.3 is 0 Å². The van der Waals surface area contributed by atoms with E-state index in [1.165, 1.54) is 11.5 Å². The molecule has 0 N–H and O–H groups in total. The molecule has 1 aromatic carbocycles. The minimum atomic E-state index is -0.0831.